The average molecular weight is 537 g/mol. The zero-order valence-corrected chi connectivity index (χ0v) is 22.0. The first kappa shape index (κ1) is 26.5. The van der Waals surface area contributed by atoms with E-state index in [1.807, 2.05) is 5.43 Å². The van der Waals surface area contributed by atoms with Crippen molar-refractivity contribution in [2.45, 2.75) is 48.4 Å². The third kappa shape index (κ3) is 7.01. The number of hydrogen-bond donors (Lipinski definition) is 5. The summed E-state index contributed by atoms with van der Waals surface area (Å²) in [7, 11) is -1.71. The highest BCUT2D eigenvalue weighted by Crippen LogP contribution is 2.33. The van der Waals surface area contributed by atoms with Crippen molar-refractivity contribution < 1.29 is 23.4 Å². The van der Waals surface area contributed by atoms with Gasteiger partial charge in [0.05, 0.1) is 10.1 Å². The fourth-order valence-corrected chi connectivity index (χ4v) is 6.48. The largest absolute Gasteiger partial charge is 0.341 e. The van der Waals surface area contributed by atoms with Crippen molar-refractivity contribution in [3.63, 3.8) is 0 Å². The Kier molecular flexibility index (Phi) is 8.90. The fraction of sp³-hybridized carbons (Fsp3) is 0.522. The van der Waals surface area contributed by atoms with E-state index in [-0.39, 0.29) is 17.2 Å². The maximum absolute atomic E-state index is 13.3. The third-order valence-corrected chi connectivity index (χ3v) is 9.40. The van der Waals surface area contributed by atoms with Gasteiger partial charge in [0.1, 0.15) is 0 Å². The van der Waals surface area contributed by atoms with Crippen LogP contribution in [0.2, 0.25) is 0 Å². The van der Waals surface area contributed by atoms with Crippen LogP contribution in [0.4, 0.5) is 9.93 Å². The maximum Gasteiger partial charge on any atom is 0.314 e. The first-order chi connectivity index (χ1) is 17.4. The lowest BCUT2D eigenvalue weighted by atomic mass is 10.1. The number of anilines is 1. The maximum atomic E-state index is 13.3. The second-order valence-corrected chi connectivity index (χ2v) is 12.3. The van der Waals surface area contributed by atoms with Gasteiger partial charge < -0.3 is 16.0 Å². The number of urea groups is 1. The van der Waals surface area contributed by atoms with Crippen LogP contribution in [-0.2, 0) is 21.2 Å². The molecule has 0 bridgehead atoms. The van der Waals surface area contributed by atoms with Gasteiger partial charge in [0, 0.05) is 56.4 Å². The summed E-state index contributed by atoms with van der Waals surface area (Å²) in [6, 6.07) is 5.95. The number of nitrogens with one attached hydrogen (secondary N) is 4. The number of sulfone groups is 1. The first-order valence-electron chi connectivity index (χ1n) is 12.2. The Morgan fingerprint density at radius 1 is 1.17 bits per heavy atom. The number of benzene rings is 1. The molecule has 1 aliphatic carbocycles. The number of hydrogen-bond acceptors (Lipinski definition) is 8. The Morgan fingerprint density at radius 3 is 2.56 bits per heavy atom. The predicted molar refractivity (Wildman–Crippen MR) is 137 cm³/mol. The number of carbonyl (C=O) groups is 2. The van der Waals surface area contributed by atoms with Crippen LogP contribution in [0.25, 0.3) is 0 Å². The quantitative estimate of drug-likeness (QED) is 0.194. The Balaban J connectivity index is 1.37. The van der Waals surface area contributed by atoms with Crippen molar-refractivity contribution in [2.24, 2.45) is 0 Å². The van der Waals surface area contributed by atoms with Gasteiger partial charge in [-0.2, -0.15) is 5.01 Å². The van der Waals surface area contributed by atoms with Crippen LogP contribution in [-0.4, -0.2) is 68.8 Å². The van der Waals surface area contributed by atoms with Gasteiger partial charge >= 0.3 is 6.03 Å². The molecule has 3 amide bonds. The summed E-state index contributed by atoms with van der Waals surface area (Å²) in [5.41, 5.74) is 2.69. The SMILES string of the molecule is CNC(=O)NCCNCc1cnc(NC(=O)C([NH2+]N2CCCC2)c2ccc(S(=O)(=O)C3CC3)cc2)s1. The van der Waals surface area contributed by atoms with E-state index in [9.17, 15) is 18.0 Å². The van der Waals surface area contributed by atoms with E-state index in [0.717, 1.165) is 49.2 Å². The molecule has 36 heavy (non-hydrogen) atoms. The summed E-state index contributed by atoms with van der Waals surface area (Å²) in [6.45, 7) is 3.48. The number of quaternary nitrogens is 1. The van der Waals surface area contributed by atoms with E-state index in [0.29, 0.717) is 29.7 Å². The minimum Gasteiger partial charge on any atom is -0.341 e. The smallest absolute Gasteiger partial charge is 0.314 e. The van der Waals surface area contributed by atoms with E-state index >= 15 is 0 Å². The molecule has 4 rings (SSSR count). The molecule has 1 aromatic carbocycles. The summed E-state index contributed by atoms with van der Waals surface area (Å²) in [5, 5.41) is 13.8. The molecule has 1 atom stereocenters. The summed E-state index contributed by atoms with van der Waals surface area (Å²) < 4.78 is 25.1. The lowest BCUT2D eigenvalue weighted by Gasteiger charge is -2.21. The van der Waals surface area contributed by atoms with Crippen molar-refractivity contribution in [3.8, 4) is 0 Å². The van der Waals surface area contributed by atoms with Crippen LogP contribution in [0.3, 0.4) is 0 Å². The van der Waals surface area contributed by atoms with E-state index in [1.165, 1.54) is 11.3 Å². The number of thiazole rings is 1. The van der Waals surface area contributed by atoms with Gasteiger partial charge in [-0.1, -0.05) is 12.1 Å². The molecule has 2 aromatic rings. The molecule has 2 aliphatic rings. The topological polar surface area (TPSA) is 149 Å². The van der Waals surface area contributed by atoms with Crippen LogP contribution >= 0.6 is 11.3 Å². The lowest BCUT2D eigenvalue weighted by Crippen LogP contribution is -2.95. The van der Waals surface area contributed by atoms with Crippen LogP contribution in [0.5, 0.6) is 0 Å². The Bertz CT molecular complexity index is 1140. The van der Waals surface area contributed by atoms with Crippen molar-refractivity contribution in [1.29, 1.82) is 0 Å². The van der Waals surface area contributed by atoms with Crippen molar-refractivity contribution in [2.75, 3.05) is 38.5 Å². The van der Waals surface area contributed by atoms with Crippen molar-refractivity contribution in [3.05, 3.63) is 40.9 Å². The molecule has 0 spiro atoms. The summed E-state index contributed by atoms with van der Waals surface area (Å²) in [4.78, 5) is 30.1. The van der Waals surface area contributed by atoms with Gasteiger partial charge in [0.15, 0.2) is 15.0 Å². The monoisotopic (exact) mass is 536 g/mol. The predicted octanol–water partition coefficient (Wildman–Crippen LogP) is 0.352. The molecule has 1 aliphatic heterocycles. The van der Waals surface area contributed by atoms with Gasteiger partial charge in [-0.25, -0.2) is 18.2 Å². The second kappa shape index (κ2) is 12.1. The highest BCUT2D eigenvalue weighted by atomic mass is 32.2. The van der Waals surface area contributed by atoms with Crippen molar-refractivity contribution in [1.82, 2.24) is 25.9 Å². The highest BCUT2D eigenvalue weighted by Gasteiger charge is 2.37. The molecule has 6 N–H and O–H groups in total. The number of rotatable bonds is 12. The zero-order valence-electron chi connectivity index (χ0n) is 20.3. The summed E-state index contributed by atoms with van der Waals surface area (Å²) in [5.74, 6) is -0.205. The molecule has 13 heteroatoms. The molecule has 1 aromatic heterocycles. The zero-order chi connectivity index (χ0) is 25.5. The van der Waals surface area contributed by atoms with Gasteiger partial charge in [-0.05, 0) is 37.8 Å². The average Bonchev–Trinajstić information content (AvgIpc) is 3.46. The highest BCUT2D eigenvalue weighted by molar-refractivity contribution is 7.92. The molecule has 11 nitrogen and oxygen atoms in total. The van der Waals surface area contributed by atoms with Crippen LogP contribution in [0.15, 0.2) is 35.4 Å². The van der Waals surface area contributed by atoms with E-state index in [1.54, 1.807) is 37.5 Å². The third-order valence-electron chi connectivity index (χ3n) is 6.21. The number of amides is 3. The summed E-state index contributed by atoms with van der Waals surface area (Å²) in [6.07, 6.45) is 5.33. The Morgan fingerprint density at radius 2 is 1.89 bits per heavy atom. The number of nitrogens with zero attached hydrogens (tertiary/aromatic N) is 2. The van der Waals surface area contributed by atoms with Gasteiger partial charge in [-0.3, -0.25) is 15.5 Å². The van der Waals surface area contributed by atoms with Gasteiger partial charge in [0.2, 0.25) is 6.04 Å². The molecular weight excluding hydrogens is 502 g/mol. The standard InChI is InChI=1S/C23H33N7O4S2/c1-24-22(32)26-11-10-25-14-17-15-27-23(35-17)28-21(31)20(29-30-12-2-3-13-30)16-4-6-18(7-5-16)36(33,34)19-8-9-19/h4-7,15,19-20,25,29H,2-3,8-14H2,1H3,(H2,24,26,32)(H,27,28,31)/p+1. The molecule has 2 heterocycles. The minimum absolute atomic E-state index is 0.205. The van der Waals surface area contributed by atoms with E-state index < -0.39 is 15.9 Å². The molecule has 1 unspecified atom stereocenters. The second-order valence-electron chi connectivity index (χ2n) is 8.99. The fourth-order valence-electron chi connectivity index (χ4n) is 4.04. The van der Waals surface area contributed by atoms with Gasteiger partial charge in [-0.15, -0.1) is 11.3 Å². The Hall–Kier alpha value is -2.58. The van der Waals surface area contributed by atoms with Crippen LogP contribution in [0, 0.1) is 0 Å². The molecule has 0 radical (unpaired) electrons. The molecule has 196 valence electrons. The van der Waals surface area contributed by atoms with Crippen LogP contribution < -0.4 is 26.7 Å². The molecule has 1 saturated heterocycles. The van der Waals surface area contributed by atoms with Crippen molar-refractivity contribution >= 4 is 38.2 Å². The number of carbonyl (C=O) groups excluding carboxylic acids is 2. The van der Waals surface area contributed by atoms with Gasteiger partial charge in [0.25, 0.3) is 5.91 Å². The lowest BCUT2D eigenvalue weighted by molar-refractivity contribution is -0.823. The van der Waals surface area contributed by atoms with Crippen LogP contribution in [0.1, 0.15) is 42.2 Å². The molecule has 1 saturated carbocycles. The molecular formula is C23H34N7O4S2+. The summed E-state index contributed by atoms with van der Waals surface area (Å²) >= 11 is 1.39. The minimum atomic E-state index is -3.27. The van der Waals surface area contributed by atoms with E-state index in [2.05, 4.69) is 31.3 Å². The van der Waals surface area contributed by atoms with E-state index in [4.69, 9.17) is 0 Å². The first-order valence-corrected chi connectivity index (χ1v) is 14.6. The normalized spacial score (nSPS) is 17.0. The Labute approximate surface area is 215 Å². The number of nitrogens with two attached hydrogens (primary N) is 1. The molecule has 2 fully saturated rings. The number of aromatic nitrogens is 1.